The molecule has 5 amide bonds. The van der Waals surface area contributed by atoms with E-state index in [0.717, 1.165) is 4.90 Å². The first-order valence-corrected chi connectivity index (χ1v) is 9.78. The van der Waals surface area contributed by atoms with Gasteiger partial charge >= 0.3 is 6.03 Å². The third-order valence-electron chi connectivity index (χ3n) is 4.13. The van der Waals surface area contributed by atoms with Crippen LogP contribution in [-0.2, 0) is 14.4 Å². The molecule has 4 N–H and O–H groups in total. The lowest BCUT2D eigenvalue weighted by Gasteiger charge is -2.26. The summed E-state index contributed by atoms with van der Waals surface area (Å²) in [7, 11) is 1.39. The van der Waals surface area contributed by atoms with Gasteiger partial charge in [0.05, 0.1) is 16.4 Å². The van der Waals surface area contributed by atoms with Crippen molar-refractivity contribution in [3.8, 4) is 17.2 Å². The number of imide groups is 2. The van der Waals surface area contributed by atoms with Crippen LogP contribution in [0.3, 0.4) is 0 Å². The summed E-state index contributed by atoms with van der Waals surface area (Å²) in [6, 6.07) is 7.58. The van der Waals surface area contributed by atoms with Crippen molar-refractivity contribution < 1.29 is 33.8 Å². The van der Waals surface area contributed by atoms with Crippen LogP contribution in [0.25, 0.3) is 6.08 Å². The van der Waals surface area contributed by atoms with Crippen LogP contribution in [0.1, 0.15) is 5.56 Å². The lowest BCUT2D eigenvalue weighted by molar-refractivity contribution is -0.123. The second kappa shape index (κ2) is 9.04. The number of halogens is 1. The van der Waals surface area contributed by atoms with E-state index in [1.54, 1.807) is 6.07 Å². The summed E-state index contributed by atoms with van der Waals surface area (Å²) in [4.78, 5) is 49.3. The Kier molecular flexibility index (Phi) is 6.44. The molecule has 11 heteroatoms. The standard InChI is InChI=1S/C20H16IN3O7/c1-30-15-8-10(7-14(21)17(15)31-9-16(22)26)6-13-18(27)23-20(29)24(19(13)28)11-2-4-12(25)5-3-11/h2-8,25H,9H2,1H3,(H2,22,26)(H,23,27,29)/b13-6+. The molecule has 31 heavy (non-hydrogen) atoms. The molecule has 10 nitrogen and oxygen atoms in total. The van der Waals surface area contributed by atoms with Gasteiger partial charge < -0.3 is 20.3 Å². The third kappa shape index (κ3) is 4.77. The number of urea groups is 1. The fourth-order valence-corrected chi connectivity index (χ4v) is 3.55. The van der Waals surface area contributed by atoms with Gasteiger partial charge in [0, 0.05) is 0 Å². The molecule has 2 aromatic rings. The molecule has 1 aliphatic heterocycles. The number of phenolic OH excluding ortho intramolecular Hbond substituents is 1. The molecule has 3 rings (SSSR count). The number of aromatic hydroxyl groups is 1. The highest BCUT2D eigenvalue weighted by Crippen LogP contribution is 2.35. The first-order chi connectivity index (χ1) is 14.7. The van der Waals surface area contributed by atoms with E-state index in [4.69, 9.17) is 15.2 Å². The highest BCUT2D eigenvalue weighted by atomic mass is 127. The summed E-state index contributed by atoms with van der Waals surface area (Å²) in [5.41, 5.74) is 5.42. The van der Waals surface area contributed by atoms with Crippen LogP contribution in [0.4, 0.5) is 10.5 Å². The Balaban J connectivity index is 1.99. The molecule has 0 spiro atoms. The van der Waals surface area contributed by atoms with Crippen LogP contribution in [0, 0.1) is 3.57 Å². The number of carbonyl (C=O) groups excluding carboxylic acids is 4. The van der Waals surface area contributed by atoms with Crippen LogP contribution in [-0.4, -0.2) is 42.6 Å². The van der Waals surface area contributed by atoms with Gasteiger partial charge in [0.2, 0.25) is 0 Å². The van der Waals surface area contributed by atoms with Gasteiger partial charge in [-0.15, -0.1) is 0 Å². The number of carbonyl (C=O) groups is 4. The molecule has 1 saturated heterocycles. The van der Waals surface area contributed by atoms with E-state index in [9.17, 15) is 24.3 Å². The molecular weight excluding hydrogens is 521 g/mol. The van der Waals surface area contributed by atoms with E-state index < -0.39 is 23.8 Å². The van der Waals surface area contributed by atoms with Crippen molar-refractivity contribution in [3.05, 3.63) is 51.1 Å². The number of phenols is 1. The lowest BCUT2D eigenvalue weighted by Crippen LogP contribution is -2.54. The zero-order valence-corrected chi connectivity index (χ0v) is 18.2. The average Bonchev–Trinajstić information content (AvgIpc) is 2.71. The second-order valence-corrected chi connectivity index (χ2v) is 7.43. The predicted molar refractivity (Wildman–Crippen MR) is 118 cm³/mol. The first-order valence-electron chi connectivity index (χ1n) is 8.70. The number of nitrogens with one attached hydrogen (secondary N) is 1. The molecule has 2 aromatic carbocycles. The van der Waals surface area contributed by atoms with Crippen LogP contribution in [0.5, 0.6) is 17.2 Å². The van der Waals surface area contributed by atoms with Gasteiger partial charge in [0.15, 0.2) is 18.1 Å². The van der Waals surface area contributed by atoms with Crippen molar-refractivity contribution in [2.24, 2.45) is 5.73 Å². The van der Waals surface area contributed by atoms with E-state index in [1.165, 1.54) is 43.5 Å². The van der Waals surface area contributed by atoms with Crippen molar-refractivity contribution in [2.45, 2.75) is 0 Å². The summed E-state index contributed by atoms with van der Waals surface area (Å²) < 4.78 is 11.2. The summed E-state index contributed by atoms with van der Waals surface area (Å²) in [5, 5.41) is 11.5. The number of hydrogen-bond donors (Lipinski definition) is 3. The van der Waals surface area contributed by atoms with Gasteiger partial charge in [-0.05, 0) is 70.6 Å². The molecule has 1 aliphatic rings. The quantitative estimate of drug-likeness (QED) is 0.288. The smallest absolute Gasteiger partial charge is 0.335 e. The Bertz CT molecular complexity index is 1110. The number of anilines is 1. The topological polar surface area (TPSA) is 148 Å². The Labute approximate surface area is 189 Å². The molecular formula is C20H16IN3O7. The number of hydrogen-bond acceptors (Lipinski definition) is 7. The highest BCUT2D eigenvalue weighted by molar-refractivity contribution is 14.1. The number of amides is 5. The zero-order valence-electron chi connectivity index (χ0n) is 16.0. The molecule has 0 atom stereocenters. The van der Waals surface area contributed by atoms with Crippen molar-refractivity contribution in [2.75, 3.05) is 18.6 Å². The summed E-state index contributed by atoms with van der Waals surface area (Å²) in [6.45, 7) is -0.350. The summed E-state index contributed by atoms with van der Waals surface area (Å²) in [6.07, 6.45) is 1.31. The van der Waals surface area contributed by atoms with E-state index in [-0.39, 0.29) is 35.1 Å². The van der Waals surface area contributed by atoms with E-state index in [0.29, 0.717) is 9.13 Å². The van der Waals surface area contributed by atoms with Gasteiger partial charge in [-0.3, -0.25) is 19.7 Å². The van der Waals surface area contributed by atoms with Gasteiger partial charge in [0.25, 0.3) is 17.7 Å². The molecule has 0 saturated carbocycles. The largest absolute Gasteiger partial charge is 0.508 e. The Hall–Kier alpha value is -3.61. The van der Waals surface area contributed by atoms with Crippen LogP contribution < -0.4 is 25.4 Å². The highest BCUT2D eigenvalue weighted by Gasteiger charge is 2.36. The molecule has 1 fully saturated rings. The molecule has 0 unspecified atom stereocenters. The molecule has 160 valence electrons. The third-order valence-corrected chi connectivity index (χ3v) is 4.93. The van der Waals surface area contributed by atoms with Crippen molar-refractivity contribution >= 4 is 58.1 Å². The van der Waals surface area contributed by atoms with Gasteiger partial charge in [0.1, 0.15) is 11.3 Å². The normalized spacial score (nSPS) is 15.1. The minimum absolute atomic E-state index is 0.0410. The molecule has 0 bridgehead atoms. The number of nitrogens with zero attached hydrogens (tertiary/aromatic N) is 1. The summed E-state index contributed by atoms with van der Waals surface area (Å²) >= 11 is 1.95. The number of benzene rings is 2. The van der Waals surface area contributed by atoms with Crippen LogP contribution in [0.2, 0.25) is 0 Å². The maximum atomic E-state index is 12.9. The van der Waals surface area contributed by atoms with Crippen molar-refractivity contribution in [1.29, 1.82) is 0 Å². The SMILES string of the molecule is COc1cc(/C=C2\C(=O)NC(=O)N(c3ccc(O)cc3)C2=O)cc(I)c1OCC(N)=O. The van der Waals surface area contributed by atoms with Crippen LogP contribution in [0.15, 0.2) is 42.0 Å². The number of barbiturate groups is 1. The van der Waals surface area contributed by atoms with Crippen molar-refractivity contribution in [1.82, 2.24) is 5.32 Å². The van der Waals surface area contributed by atoms with Gasteiger partial charge in [-0.1, -0.05) is 0 Å². The van der Waals surface area contributed by atoms with Gasteiger partial charge in [-0.25, -0.2) is 9.69 Å². The second-order valence-electron chi connectivity index (χ2n) is 6.26. The number of rotatable bonds is 6. The number of nitrogens with two attached hydrogens (primary N) is 1. The molecule has 0 radical (unpaired) electrons. The van der Waals surface area contributed by atoms with E-state index >= 15 is 0 Å². The first kappa shape index (κ1) is 22.1. The Morgan fingerprint density at radius 1 is 1.23 bits per heavy atom. The predicted octanol–water partition coefficient (Wildman–Crippen LogP) is 1.54. The van der Waals surface area contributed by atoms with Crippen molar-refractivity contribution in [3.63, 3.8) is 0 Å². The minimum atomic E-state index is -0.903. The maximum absolute atomic E-state index is 12.9. The average molecular weight is 537 g/mol. The summed E-state index contributed by atoms with van der Waals surface area (Å²) in [5.74, 6) is -1.84. The zero-order chi connectivity index (χ0) is 22.7. The number of ether oxygens (including phenoxy) is 2. The van der Waals surface area contributed by atoms with Crippen LogP contribution >= 0.6 is 22.6 Å². The monoisotopic (exact) mass is 537 g/mol. The van der Waals surface area contributed by atoms with Gasteiger partial charge in [-0.2, -0.15) is 0 Å². The minimum Gasteiger partial charge on any atom is -0.508 e. The molecule has 1 heterocycles. The fraction of sp³-hybridized carbons (Fsp3) is 0.100. The molecule has 0 aliphatic carbocycles. The number of primary amides is 1. The maximum Gasteiger partial charge on any atom is 0.335 e. The number of methoxy groups -OCH3 is 1. The van der Waals surface area contributed by atoms with E-state index in [1.807, 2.05) is 22.6 Å². The Morgan fingerprint density at radius 3 is 2.52 bits per heavy atom. The fourth-order valence-electron chi connectivity index (χ4n) is 2.77. The lowest BCUT2D eigenvalue weighted by atomic mass is 10.1. The van der Waals surface area contributed by atoms with E-state index in [2.05, 4.69) is 5.32 Å². The molecule has 0 aromatic heterocycles. The Morgan fingerprint density at radius 2 is 1.90 bits per heavy atom.